The summed E-state index contributed by atoms with van der Waals surface area (Å²) in [6.45, 7) is 3.88. The van der Waals surface area contributed by atoms with Crippen LogP contribution in [0.25, 0.3) is 21.9 Å². The topological polar surface area (TPSA) is 83.3 Å². The van der Waals surface area contributed by atoms with Crippen molar-refractivity contribution < 1.29 is 14.3 Å². The third-order valence-corrected chi connectivity index (χ3v) is 7.81. The third-order valence-electron chi connectivity index (χ3n) is 7.81. The van der Waals surface area contributed by atoms with E-state index in [9.17, 15) is 14.3 Å². The van der Waals surface area contributed by atoms with Gasteiger partial charge in [-0.05, 0) is 73.8 Å². The molecule has 40 heavy (non-hydrogen) atoms. The SMILES string of the molecule is O=C(NCCN1CCC(Cc2nc3ccccc3n2Cc2ccc(F)cc2)CC1)c1cc(O)c2ccccc2n1. The summed E-state index contributed by atoms with van der Waals surface area (Å²) in [6, 6.07) is 23.5. The molecular formula is C32H32FN5O2. The first-order chi connectivity index (χ1) is 19.5. The number of hydrogen-bond acceptors (Lipinski definition) is 5. The average molecular weight is 538 g/mol. The van der Waals surface area contributed by atoms with Gasteiger partial charge in [-0.3, -0.25) is 4.79 Å². The van der Waals surface area contributed by atoms with Crippen molar-refractivity contribution in [3.63, 3.8) is 0 Å². The fourth-order valence-electron chi connectivity index (χ4n) is 5.59. The maximum atomic E-state index is 13.4. The zero-order valence-corrected chi connectivity index (χ0v) is 22.3. The number of carbonyl (C=O) groups is 1. The van der Waals surface area contributed by atoms with Crippen LogP contribution in [0.5, 0.6) is 5.75 Å². The molecule has 0 unspecified atom stereocenters. The monoisotopic (exact) mass is 537 g/mol. The Bertz CT molecular complexity index is 1640. The van der Waals surface area contributed by atoms with Crippen molar-refractivity contribution in [3.05, 3.63) is 102 Å². The lowest BCUT2D eigenvalue weighted by molar-refractivity contribution is 0.0939. The molecule has 2 aromatic heterocycles. The number of imidazole rings is 1. The van der Waals surface area contributed by atoms with E-state index < -0.39 is 0 Å². The van der Waals surface area contributed by atoms with Crippen LogP contribution in [0.3, 0.4) is 0 Å². The second-order valence-electron chi connectivity index (χ2n) is 10.5. The van der Waals surface area contributed by atoms with Crippen molar-refractivity contribution >= 4 is 27.8 Å². The second kappa shape index (κ2) is 11.4. The molecule has 1 amide bonds. The Hall–Kier alpha value is -4.30. The smallest absolute Gasteiger partial charge is 0.270 e. The Morgan fingerprint density at radius 2 is 1.68 bits per heavy atom. The molecule has 6 rings (SSSR count). The van der Waals surface area contributed by atoms with E-state index >= 15 is 0 Å². The largest absolute Gasteiger partial charge is 0.507 e. The number of piperidine rings is 1. The molecule has 1 saturated heterocycles. The lowest BCUT2D eigenvalue weighted by atomic mass is 9.93. The molecule has 3 heterocycles. The number of carbonyl (C=O) groups excluding carboxylic acids is 1. The van der Waals surface area contributed by atoms with Crippen LogP contribution in [0.15, 0.2) is 78.9 Å². The Labute approximate surface area is 232 Å². The maximum Gasteiger partial charge on any atom is 0.270 e. The van der Waals surface area contributed by atoms with E-state index in [-0.39, 0.29) is 23.2 Å². The van der Waals surface area contributed by atoms with Crippen molar-refractivity contribution in [1.29, 1.82) is 0 Å². The predicted molar refractivity (Wildman–Crippen MR) is 154 cm³/mol. The Balaban J connectivity index is 1.03. The highest BCUT2D eigenvalue weighted by molar-refractivity contribution is 5.96. The number of pyridine rings is 1. The molecule has 1 aliphatic rings. The molecule has 0 atom stereocenters. The van der Waals surface area contributed by atoms with Gasteiger partial charge in [0.05, 0.1) is 16.6 Å². The number of benzene rings is 3. The highest BCUT2D eigenvalue weighted by atomic mass is 19.1. The Morgan fingerprint density at radius 1 is 0.950 bits per heavy atom. The van der Waals surface area contributed by atoms with Crippen molar-refractivity contribution in [2.75, 3.05) is 26.2 Å². The van der Waals surface area contributed by atoms with Crippen LogP contribution in [-0.4, -0.2) is 56.6 Å². The fraction of sp³-hybridized carbons (Fsp3) is 0.281. The summed E-state index contributed by atoms with van der Waals surface area (Å²) in [5.74, 6) is 1.15. The van der Waals surface area contributed by atoms with E-state index in [4.69, 9.17) is 4.98 Å². The summed E-state index contributed by atoms with van der Waals surface area (Å²) in [7, 11) is 0. The molecule has 0 radical (unpaired) electrons. The van der Waals surface area contributed by atoms with Crippen molar-refractivity contribution in [2.24, 2.45) is 5.92 Å². The number of likely N-dealkylation sites (tertiary alicyclic amines) is 1. The zero-order chi connectivity index (χ0) is 27.5. The minimum Gasteiger partial charge on any atom is -0.507 e. The first-order valence-electron chi connectivity index (χ1n) is 13.8. The number of aromatic hydroxyl groups is 1. The van der Waals surface area contributed by atoms with Gasteiger partial charge >= 0.3 is 0 Å². The van der Waals surface area contributed by atoms with Crippen LogP contribution >= 0.6 is 0 Å². The van der Waals surface area contributed by atoms with Gasteiger partial charge in [-0.25, -0.2) is 14.4 Å². The highest BCUT2D eigenvalue weighted by Crippen LogP contribution is 2.26. The molecule has 8 heteroatoms. The Morgan fingerprint density at radius 3 is 2.48 bits per heavy atom. The molecule has 1 fully saturated rings. The van der Waals surface area contributed by atoms with Gasteiger partial charge in [0.1, 0.15) is 23.1 Å². The van der Waals surface area contributed by atoms with Gasteiger partial charge in [0.25, 0.3) is 5.91 Å². The molecule has 0 bridgehead atoms. The predicted octanol–water partition coefficient (Wildman–Crippen LogP) is 5.16. The fourth-order valence-corrected chi connectivity index (χ4v) is 5.59. The van der Waals surface area contributed by atoms with Crippen LogP contribution < -0.4 is 5.32 Å². The summed E-state index contributed by atoms with van der Waals surface area (Å²) in [5.41, 5.74) is 3.96. The minimum atomic E-state index is -0.281. The maximum absolute atomic E-state index is 13.4. The number of amides is 1. The van der Waals surface area contributed by atoms with Gasteiger partial charge in [-0.15, -0.1) is 0 Å². The number of aromatic nitrogens is 3. The van der Waals surface area contributed by atoms with Gasteiger partial charge in [-0.2, -0.15) is 0 Å². The lowest BCUT2D eigenvalue weighted by Gasteiger charge is -2.32. The molecule has 7 nitrogen and oxygen atoms in total. The van der Waals surface area contributed by atoms with Crippen LogP contribution in [0.2, 0.25) is 0 Å². The summed E-state index contributed by atoms with van der Waals surface area (Å²) < 4.78 is 15.7. The molecule has 0 spiro atoms. The summed E-state index contributed by atoms with van der Waals surface area (Å²) in [6.07, 6.45) is 3.03. The van der Waals surface area contributed by atoms with Crippen LogP contribution in [0.1, 0.15) is 34.7 Å². The number of nitrogens with zero attached hydrogens (tertiary/aromatic N) is 4. The van der Waals surface area contributed by atoms with Gasteiger partial charge in [0.2, 0.25) is 0 Å². The summed E-state index contributed by atoms with van der Waals surface area (Å²) in [4.78, 5) is 24.4. The molecule has 0 aliphatic carbocycles. The number of halogens is 1. The highest BCUT2D eigenvalue weighted by Gasteiger charge is 2.22. The van der Waals surface area contributed by atoms with E-state index in [1.807, 2.05) is 42.5 Å². The van der Waals surface area contributed by atoms with E-state index in [2.05, 4.69) is 25.8 Å². The number of fused-ring (bicyclic) bond motifs is 2. The van der Waals surface area contributed by atoms with Gasteiger partial charge in [-0.1, -0.05) is 36.4 Å². The van der Waals surface area contributed by atoms with Gasteiger partial charge < -0.3 is 19.9 Å². The Kier molecular flexibility index (Phi) is 7.42. The third kappa shape index (κ3) is 5.67. The molecule has 1 aliphatic heterocycles. The summed E-state index contributed by atoms with van der Waals surface area (Å²) >= 11 is 0. The van der Waals surface area contributed by atoms with Crippen LogP contribution in [-0.2, 0) is 13.0 Å². The first-order valence-corrected chi connectivity index (χ1v) is 13.8. The zero-order valence-electron chi connectivity index (χ0n) is 22.3. The molecular weight excluding hydrogens is 505 g/mol. The van der Waals surface area contributed by atoms with E-state index in [0.29, 0.717) is 29.9 Å². The van der Waals surface area contributed by atoms with Crippen molar-refractivity contribution in [2.45, 2.75) is 25.8 Å². The molecule has 204 valence electrons. The van der Waals surface area contributed by atoms with Gasteiger partial charge in [0.15, 0.2) is 0 Å². The van der Waals surface area contributed by atoms with E-state index in [1.54, 1.807) is 12.1 Å². The minimum absolute atomic E-state index is 0.0593. The number of rotatable bonds is 8. The average Bonchev–Trinajstić information content (AvgIpc) is 3.31. The normalized spacial score (nSPS) is 14.6. The summed E-state index contributed by atoms with van der Waals surface area (Å²) in [5, 5.41) is 13.8. The van der Waals surface area contributed by atoms with E-state index in [1.165, 1.54) is 18.2 Å². The molecule has 5 aromatic rings. The lowest BCUT2D eigenvalue weighted by Crippen LogP contribution is -2.40. The number of para-hydroxylation sites is 3. The van der Waals surface area contributed by atoms with Crippen molar-refractivity contribution in [1.82, 2.24) is 24.8 Å². The first kappa shape index (κ1) is 26.0. The van der Waals surface area contributed by atoms with Crippen molar-refractivity contribution in [3.8, 4) is 5.75 Å². The van der Waals surface area contributed by atoms with Gasteiger partial charge in [0, 0.05) is 37.5 Å². The second-order valence-corrected chi connectivity index (χ2v) is 10.5. The standard InChI is InChI=1S/C32H32FN5O2/c33-24-11-9-23(10-12-24)21-38-29-8-4-3-7-27(29)36-31(38)19-22-13-16-37(17-14-22)18-15-34-32(40)28-20-30(39)25-5-1-2-6-26(25)35-28/h1-12,20,22H,13-19,21H2,(H,34,40)(H,35,39). The molecule has 3 aromatic carbocycles. The van der Waals surface area contributed by atoms with Crippen LogP contribution in [0, 0.1) is 11.7 Å². The van der Waals surface area contributed by atoms with E-state index in [0.717, 1.165) is 61.3 Å². The van der Waals surface area contributed by atoms with Crippen LogP contribution in [0.4, 0.5) is 4.39 Å². The number of hydrogen-bond donors (Lipinski definition) is 2. The molecule has 2 N–H and O–H groups in total. The quantitative estimate of drug-likeness (QED) is 0.286. The molecule has 0 saturated carbocycles. The number of nitrogens with one attached hydrogen (secondary N) is 1.